The summed E-state index contributed by atoms with van der Waals surface area (Å²) in [5.41, 5.74) is 0. The lowest BCUT2D eigenvalue weighted by atomic mass is 10.2. The average molecular weight is 459 g/mol. The molecule has 0 unspecified atom stereocenters. The second-order valence-electron chi connectivity index (χ2n) is 6.86. The first-order valence-corrected chi connectivity index (χ1v) is 11.0. The molecule has 0 aromatic rings. The minimum absolute atomic E-state index is 0.0628. The summed E-state index contributed by atoms with van der Waals surface area (Å²) in [5.74, 6) is -1.74. The molecule has 0 aliphatic rings. The van der Waals surface area contributed by atoms with Crippen LogP contribution in [0.1, 0.15) is 104 Å². The Morgan fingerprint density at radius 2 is 0.871 bits per heavy atom. The van der Waals surface area contributed by atoms with Gasteiger partial charge in [0.15, 0.2) is 18.9 Å². The predicted molar refractivity (Wildman–Crippen MR) is 117 cm³/mol. The largest absolute Gasteiger partial charge is 0.481 e. The van der Waals surface area contributed by atoms with Crippen molar-refractivity contribution in [2.24, 2.45) is 0 Å². The van der Waals surface area contributed by atoms with Crippen molar-refractivity contribution in [3.8, 4) is 0 Å². The molecule has 0 atom stereocenters. The first kappa shape index (κ1) is 37.0. The zero-order valence-electron chi connectivity index (χ0n) is 19.3. The quantitative estimate of drug-likeness (QED) is 0.141. The van der Waals surface area contributed by atoms with Crippen LogP contribution < -0.4 is 0 Å². The Morgan fingerprint density at radius 3 is 1.06 bits per heavy atom. The van der Waals surface area contributed by atoms with E-state index in [1.165, 1.54) is 0 Å². The van der Waals surface area contributed by atoms with Crippen LogP contribution in [0.15, 0.2) is 0 Å². The molecule has 10 nitrogen and oxygen atoms in total. The lowest BCUT2D eigenvalue weighted by Gasteiger charge is -1.99. The van der Waals surface area contributed by atoms with Crippen molar-refractivity contribution in [2.75, 3.05) is 0 Å². The van der Waals surface area contributed by atoms with E-state index in [0.717, 1.165) is 38.5 Å². The van der Waals surface area contributed by atoms with Crippen molar-refractivity contribution in [1.82, 2.24) is 0 Å². The van der Waals surface area contributed by atoms with Crippen LogP contribution in [0, 0.1) is 0 Å². The van der Waals surface area contributed by atoms with Gasteiger partial charge < -0.3 is 40.9 Å². The highest BCUT2D eigenvalue weighted by molar-refractivity contribution is 5.67. The fourth-order valence-corrected chi connectivity index (χ4v) is 1.77. The highest BCUT2D eigenvalue weighted by Crippen LogP contribution is 2.00. The maximum absolute atomic E-state index is 9.90. The number of aliphatic hydroxyl groups is 6. The highest BCUT2D eigenvalue weighted by Gasteiger charge is 1.99. The average Bonchev–Trinajstić information content (AvgIpc) is 2.64. The molecule has 0 fully saturated rings. The Kier molecular flexibility index (Phi) is 36.9. The maximum atomic E-state index is 9.90. The van der Waals surface area contributed by atoms with Gasteiger partial charge in [-0.1, -0.05) is 46.5 Å². The van der Waals surface area contributed by atoms with Crippen LogP contribution in [-0.4, -0.2) is 71.7 Å². The van der Waals surface area contributed by atoms with Gasteiger partial charge in [-0.15, -0.1) is 0 Å². The molecule has 0 saturated carbocycles. The second-order valence-corrected chi connectivity index (χ2v) is 6.86. The SMILES string of the molecule is CCCC(O)O.CCCCC(O)O.CCCCCC(O)O.O=C(O)CCCCC(=O)O. The Bertz CT molecular complexity index is 344. The first-order valence-electron chi connectivity index (χ1n) is 11.0. The molecule has 10 heteroatoms. The number of carbonyl (C=O) groups is 2. The summed E-state index contributed by atoms with van der Waals surface area (Å²) < 4.78 is 0. The third kappa shape index (κ3) is 65.3. The molecular formula is C21H46O10. The zero-order chi connectivity index (χ0) is 25.1. The monoisotopic (exact) mass is 458 g/mol. The molecule has 0 bridgehead atoms. The predicted octanol–water partition coefficient (Wildman–Crippen LogP) is 2.18. The van der Waals surface area contributed by atoms with E-state index in [4.69, 9.17) is 40.9 Å². The Balaban J connectivity index is -0.000000160. The molecule has 0 aromatic heterocycles. The highest BCUT2D eigenvalue weighted by atomic mass is 16.5. The maximum Gasteiger partial charge on any atom is 0.303 e. The number of aliphatic carboxylic acids is 2. The van der Waals surface area contributed by atoms with E-state index in [1.807, 2.05) is 13.8 Å². The number of unbranched alkanes of at least 4 members (excludes halogenated alkanes) is 4. The van der Waals surface area contributed by atoms with Gasteiger partial charge in [0.25, 0.3) is 0 Å². The van der Waals surface area contributed by atoms with Crippen molar-refractivity contribution < 1.29 is 50.4 Å². The summed E-state index contributed by atoms with van der Waals surface area (Å²) in [6, 6.07) is 0. The van der Waals surface area contributed by atoms with E-state index >= 15 is 0 Å². The van der Waals surface area contributed by atoms with Gasteiger partial charge in [-0.25, -0.2) is 0 Å². The van der Waals surface area contributed by atoms with Gasteiger partial charge in [0.1, 0.15) is 0 Å². The molecular weight excluding hydrogens is 412 g/mol. The van der Waals surface area contributed by atoms with E-state index in [9.17, 15) is 9.59 Å². The van der Waals surface area contributed by atoms with Crippen molar-refractivity contribution in [3.05, 3.63) is 0 Å². The van der Waals surface area contributed by atoms with Gasteiger partial charge in [-0.05, 0) is 44.9 Å². The number of rotatable bonds is 14. The van der Waals surface area contributed by atoms with Crippen LogP contribution in [0.25, 0.3) is 0 Å². The molecule has 0 heterocycles. The lowest BCUT2D eigenvalue weighted by Crippen LogP contribution is -2.02. The van der Waals surface area contributed by atoms with Gasteiger partial charge in [0.2, 0.25) is 0 Å². The summed E-state index contributed by atoms with van der Waals surface area (Å²) in [4.78, 5) is 19.8. The molecule has 0 aromatic carbocycles. The molecule has 0 aliphatic heterocycles. The van der Waals surface area contributed by atoms with E-state index < -0.39 is 30.8 Å². The number of carboxylic acids is 2. The number of hydrogen-bond donors (Lipinski definition) is 8. The molecule has 8 N–H and O–H groups in total. The molecule has 0 saturated heterocycles. The standard InChI is InChI=1S/C6H10O4.C6H14O2.C5H12O2.C4H10O2/c7-5(8)3-1-2-4-6(9)10;1-2-3-4-5-6(7)8;1-2-3-4-5(6)7;1-2-3-4(5)6/h1-4H2,(H,7,8)(H,9,10);6-8H,2-5H2,1H3;5-7H,2-4H2,1H3;4-6H,2-3H2,1H3. The van der Waals surface area contributed by atoms with E-state index in [-0.39, 0.29) is 12.8 Å². The topological polar surface area (TPSA) is 196 Å². The zero-order valence-corrected chi connectivity index (χ0v) is 19.3. The van der Waals surface area contributed by atoms with E-state index in [2.05, 4.69) is 6.92 Å². The Labute approximate surface area is 186 Å². The van der Waals surface area contributed by atoms with Crippen LogP contribution in [-0.2, 0) is 9.59 Å². The minimum atomic E-state index is -1.10. The smallest absolute Gasteiger partial charge is 0.303 e. The second kappa shape index (κ2) is 30.9. The summed E-state index contributed by atoms with van der Waals surface area (Å²) >= 11 is 0. The molecule has 31 heavy (non-hydrogen) atoms. The van der Waals surface area contributed by atoms with Crippen molar-refractivity contribution in [2.45, 2.75) is 123 Å². The fraction of sp³-hybridized carbons (Fsp3) is 0.905. The third-order valence-electron chi connectivity index (χ3n) is 3.46. The van der Waals surface area contributed by atoms with Crippen LogP contribution in [0.3, 0.4) is 0 Å². The molecule has 0 radical (unpaired) electrons. The Hall–Kier alpha value is -1.30. The van der Waals surface area contributed by atoms with E-state index in [0.29, 0.717) is 32.1 Å². The summed E-state index contributed by atoms with van der Waals surface area (Å²) in [6.07, 6.45) is 5.15. The first-order chi connectivity index (χ1) is 14.4. The Morgan fingerprint density at radius 1 is 0.516 bits per heavy atom. The van der Waals surface area contributed by atoms with Crippen LogP contribution in [0.2, 0.25) is 0 Å². The van der Waals surface area contributed by atoms with Crippen molar-refractivity contribution >= 4 is 11.9 Å². The van der Waals surface area contributed by atoms with Gasteiger partial charge in [-0.2, -0.15) is 0 Å². The molecule has 0 spiro atoms. The number of hydrogen-bond acceptors (Lipinski definition) is 8. The normalized spacial score (nSPS) is 9.94. The summed E-state index contributed by atoms with van der Waals surface area (Å²) in [6.45, 7) is 6.01. The van der Waals surface area contributed by atoms with Crippen LogP contribution in [0.4, 0.5) is 0 Å². The molecule has 0 rings (SSSR count). The third-order valence-corrected chi connectivity index (χ3v) is 3.46. The summed E-state index contributed by atoms with van der Waals surface area (Å²) in [7, 11) is 0. The van der Waals surface area contributed by atoms with E-state index in [1.54, 1.807) is 0 Å². The van der Waals surface area contributed by atoms with Crippen LogP contribution >= 0.6 is 0 Å². The van der Waals surface area contributed by atoms with Crippen LogP contribution in [0.5, 0.6) is 0 Å². The van der Waals surface area contributed by atoms with Gasteiger partial charge in [0, 0.05) is 12.8 Å². The molecule has 0 aliphatic carbocycles. The van der Waals surface area contributed by atoms with Gasteiger partial charge in [0.05, 0.1) is 0 Å². The van der Waals surface area contributed by atoms with Gasteiger partial charge in [-0.3, -0.25) is 9.59 Å². The minimum Gasteiger partial charge on any atom is -0.481 e. The van der Waals surface area contributed by atoms with Crippen molar-refractivity contribution in [1.29, 1.82) is 0 Å². The fourth-order valence-electron chi connectivity index (χ4n) is 1.77. The lowest BCUT2D eigenvalue weighted by molar-refractivity contribution is -0.139. The number of aliphatic hydroxyl groups excluding tert-OH is 3. The van der Waals surface area contributed by atoms with Crippen molar-refractivity contribution in [3.63, 3.8) is 0 Å². The van der Waals surface area contributed by atoms with Gasteiger partial charge >= 0.3 is 11.9 Å². The molecule has 0 amide bonds. The number of carboxylic acid groups (broad SMARTS) is 2. The molecule has 190 valence electrons. The summed E-state index contributed by atoms with van der Waals surface area (Å²) in [5, 5.41) is 65.6.